The molecule has 2 heterocycles. The second-order valence-corrected chi connectivity index (χ2v) is 7.37. The summed E-state index contributed by atoms with van der Waals surface area (Å²) in [6.45, 7) is 6.85. The van der Waals surface area contributed by atoms with E-state index in [1.54, 1.807) is 4.90 Å². The number of hydrogen-bond acceptors (Lipinski definition) is 3. The van der Waals surface area contributed by atoms with Gasteiger partial charge in [0.15, 0.2) is 0 Å². The maximum absolute atomic E-state index is 11.9. The molecule has 1 unspecified atom stereocenters. The fraction of sp³-hybridized carbons (Fsp3) is 0.533. The number of hydrogen-bond donors (Lipinski definition) is 0. The minimum Gasteiger partial charge on any atom is -0.444 e. The molecule has 2 saturated heterocycles. The predicted molar refractivity (Wildman–Crippen MR) is 78.5 cm³/mol. The fourth-order valence-corrected chi connectivity index (χ4v) is 2.77. The zero-order chi connectivity index (χ0) is 14.5. The van der Waals surface area contributed by atoms with Crippen LogP contribution in [0.2, 0.25) is 0 Å². The molecule has 1 spiro atoms. The Morgan fingerprint density at radius 3 is 2.50 bits per heavy atom. The summed E-state index contributed by atoms with van der Waals surface area (Å²) in [5.74, 6) is 0. The molecule has 1 aromatic rings. The second kappa shape index (κ2) is 4.46. The van der Waals surface area contributed by atoms with Gasteiger partial charge in [0.25, 0.3) is 0 Å². The quantitative estimate of drug-likeness (QED) is 0.735. The zero-order valence-corrected chi connectivity index (χ0v) is 13.4. The van der Waals surface area contributed by atoms with E-state index in [0.717, 1.165) is 10.0 Å². The first-order valence-corrected chi connectivity index (χ1v) is 7.50. The Morgan fingerprint density at radius 1 is 1.35 bits per heavy atom. The molecule has 20 heavy (non-hydrogen) atoms. The van der Waals surface area contributed by atoms with E-state index in [1.165, 1.54) is 0 Å². The summed E-state index contributed by atoms with van der Waals surface area (Å²) in [5.41, 5.74) is 0.539. The summed E-state index contributed by atoms with van der Waals surface area (Å²) in [6, 6.07) is 8.13. The lowest BCUT2D eigenvalue weighted by atomic mass is 9.92. The molecule has 0 N–H and O–H groups in total. The molecule has 2 fully saturated rings. The van der Waals surface area contributed by atoms with Crippen molar-refractivity contribution in [3.63, 3.8) is 0 Å². The summed E-state index contributed by atoms with van der Waals surface area (Å²) in [6.07, 6.45) is -0.150. The standard InChI is InChI=1S/C15H18BrNO3/c1-14(2,3)20-13(18)17-8-15(9-17)12(19-15)10-4-6-11(16)7-5-10/h4-7,12H,8-9H2,1-3H3. The van der Waals surface area contributed by atoms with Crippen molar-refractivity contribution in [3.8, 4) is 0 Å². The zero-order valence-electron chi connectivity index (χ0n) is 11.9. The molecule has 2 aliphatic heterocycles. The second-order valence-electron chi connectivity index (χ2n) is 6.45. The molecule has 0 radical (unpaired) electrons. The summed E-state index contributed by atoms with van der Waals surface area (Å²) in [5, 5.41) is 0. The van der Waals surface area contributed by atoms with Gasteiger partial charge in [0.1, 0.15) is 17.3 Å². The van der Waals surface area contributed by atoms with Crippen LogP contribution in [0.5, 0.6) is 0 Å². The minimum atomic E-state index is -0.449. The molecular weight excluding hydrogens is 322 g/mol. The van der Waals surface area contributed by atoms with Crippen LogP contribution >= 0.6 is 15.9 Å². The lowest BCUT2D eigenvalue weighted by Gasteiger charge is -2.38. The van der Waals surface area contributed by atoms with Crippen LogP contribution in [0.15, 0.2) is 28.7 Å². The average molecular weight is 340 g/mol. The molecule has 0 bridgehead atoms. The molecule has 108 valence electrons. The van der Waals surface area contributed by atoms with E-state index in [2.05, 4.69) is 28.1 Å². The van der Waals surface area contributed by atoms with Crippen LogP contribution in [0.1, 0.15) is 32.4 Å². The normalized spacial score (nSPS) is 23.4. The Balaban J connectivity index is 1.56. The Labute approximate surface area is 127 Å². The van der Waals surface area contributed by atoms with Crippen molar-refractivity contribution >= 4 is 22.0 Å². The van der Waals surface area contributed by atoms with E-state index < -0.39 is 5.60 Å². The number of rotatable bonds is 1. The van der Waals surface area contributed by atoms with Crippen LogP contribution in [0, 0.1) is 0 Å². The highest BCUT2D eigenvalue weighted by atomic mass is 79.9. The SMILES string of the molecule is CC(C)(C)OC(=O)N1CC2(C1)OC2c1ccc(Br)cc1. The van der Waals surface area contributed by atoms with Crippen molar-refractivity contribution in [1.29, 1.82) is 0 Å². The topological polar surface area (TPSA) is 42.1 Å². The highest BCUT2D eigenvalue weighted by Crippen LogP contribution is 2.55. The number of likely N-dealkylation sites (tertiary alicyclic amines) is 1. The van der Waals surface area contributed by atoms with Gasteiger partial charge in [-0.15, -0.1) is 0 Å². The Bertz CT molecular complexity index is 529. The van der Waals surface area contributed by atoms with E-state index in [4.69, 9.17) is 9.47 Å². The maximum atomic E-state index is 11.9. The molecule has 1 aromatic carbocycles. The number of nitrogens with zero attached hydrogens (tertiary/aromatic N) is 1. The predicted octanol–water partition coefficient (Wildman–Crippen LogP) is 3.51. The van der Waals surface area contributed by atoms with E-state index >= 15 is 0 Å². The number of epoxide rings is 1. The molecule has 0 aliphatic carbocycles. The molecule has 5 heteroatoms. The van der Waals surface area contributed by atoms with Crippen LogP contribution in [-0.2, 0) is 9.47 Å². The first kappa shape index (κ1) is 13.9. The van der Waals surface area contributed by atoms with Gasteiger partial charge in [0.2, 0.25) is 0 Å². The van der Waals surface area contributed by atoms with Crippen molar-refractivity contribution in [3.05, 3.63) is 34.3 Å². The molecular formula is C15H18BrNO3. The van der Waals surface area contributed by atoms with Crippen LogP contribution in [0.25, 0.3) is 0 Å². The number of halogens is 1. The van der Waals surface area contributed by atoms with E-state index in [-0.39, 0.29) is 17.8 Å². The summed E-state index contributed by atoms with van der Waals surface area (Å²) < 4.78 is 12.2. The van der Waals surface area contributed by atoms with E-state index in [9.17, 15) is 4.79 Å². The summed E-state index contributed by atoms with van der Waals surface area (Å²) in [7, 11) is 0. The van der Waals surface area contributed by atoms with Gasteiger partial charge < -0.3 is 14.4 Å². The van der Waals surface area contributed by atoms with Crippen LogP contribution < -0.4 is 0 Å². The van der Waals surface area contributed by atoms with Crippen molar-refractivity contribution in [1.82, 2.24) is 4.90 Å². The maximum Gasteiger partial charge on any atom is 0.410 e. The third-order valence-corrected chi connectivity index (χ3v) is 4.04. The van der Waals surface area contributed by atoms with Crippen molar-refractivity contribution in [2.45, 2.75) is 38.1 Å². The molecule has 2 aliphatic rings. The molecule has 0 saturated carbocycles. The van der Waals surface area contributed by atoms with Gasteiger partial charge in [-0.3, -0.25) is 0 Å². The van der Waals surface area contributed by atoms with Crippen LogP contribution in [0.3, 0.4) is 0 Å². The largest absolute Gasteiger partial charge is 0.444 e. The average Bonchev–Trinajstić information content (AvgIpc) is 3.01. The minimum absolute atomic E-state index is 0.106. The molecule has 3 rings (SSSR count). The molecule has 1 atom stereocenters. The van der Waals surface area contributed by atoms with Gasteiger partial charge in [-0.25, -0.2) is 4.79 Å². The number of ether oxygens (including phenoxy) is 2. The summed E-state index contributed by atoms with van der Waals surface area (Å²) >= 11 is 3.42. The fourth-order valence-electron chi connectivity index (χ4n) is 2.51. The van der Waals surface area contributed by atoms with Gasteiger partial charge in [0, 0.05) is 4.47 Å². The van der Waals surface area contributed by atoms with Crippen LogP contribution in [-0.4, -0.2) is 35.3 Å². The highest BCUT2D eigenvalue weighted by molar-refractivity contribution is 9.10. The van der Waals surface area contributed by atoms with Gasteiger partial charge in [-0.2, -0.15) is 0 Å². The lowest BCUT2D eigenvalue weighted by molar-refractivity contribution is -0.00905. The number of carbonyl (C=O) groups excluding carboxylic acids is 1. The molecule has 0 aromatic heterocycles. The number of amides is 1. The van der Waals surface area contributed by atoms with Gasteiger partial charge in [-0.05, 0) is 38.5 Å². The van der Waals surface area contributed by atoms with Crippen molar-refractivity contribution in [2.24, 2.45) is 0 Å². The van der Waals surface area contributed by atoms with Gasteiger partial charge >= 0.3 is 6.09 Å². The summed E-state index contributed by atoms with van der Waals surface area (Å²) in [4.78, 5) is 13.6. The van der Waals surface area contributed by atoms with Crippen LogP contribution in [0.4, 0.5) is 4.79 Å². The number of carbonyl (C=O) groups is 1. The third kappa shape index (κ3) is 2.56. The highest BCUT2D eigenvalue weighted by Gasteiger charge is 2.65. The molecule has 4 nitrogen and oxygen atoms in total. The van der Waals surface area contributed by atoms with Crippen molar-refractivity contribution < 1.29 is 14.3 Å². The Morgan fingerprint density at radius 2 is 1.95 bits per heavy atom. The lowest BCUT2D eigenvalue weighted by Crippen LogP contribution is -2.57. The van der Waals surface area contributed by atoms with Crippen molar-refractivity contribution in [2.75, 3.05) is 13.1 Å². The monoisotopic (exact) mass is 339 g/mol. The Kier molecular flexibility index (Phi) is 3.10. The third-order valence-electron chi connectivity index (χ3n) is 3.51. The first-order chi connectivity index (χ1) is 9.29. The van der Waals surface area contributed by atoms with Gasteiger partial charge in [-0.1, -0.05) is 28.1 Å². The first-order valence-electron chi connectivity index (χ1n) is 6.70. The smallest absolute Gasteiger partial charge is 0.410 e. The molecule has 1 amide bonds. The van der Waals surface area contributed by atoms with E-state index in [1.807, 2.05) is 32.9 Å². The Hall–Kier alpha value is -1.07. The van der Waals surface area contributed by atoms with E-state index in [0.29, 0.717) is 13.1 Å². The number of benzene rings is 1. The van der Waals surface area contributed by atoms with Gasteiger partial charge in [0.05, 0.1) is 13.1 Å².